The normalized spacial score (nSPS) is 11.8. The third-order valence-corrected chi connectivity index (χ3v) is 7.65. The summed E-state index contributed by atoms with van der Waals surface area (Å²) in [6.07, 6.45) is 0. The van der Waals surface area contributed by atoms with Gasteiger partial charge in [-0.15, -0.1) is 0 Å². The Hall–Kier alpha value is -4.88. The maximum Gasteiger partial charge on any atom is 0.136 e. The molecule has 7 aromatic carbocycles. The first-order chi connectivity index (χ1) is 18.3. The minimum atomic E-state index is 0.924. The Morgan fingerprint density at radius 2 is 0.865 bits per heavy atom. The molecule has 0 aliphatic rings. The van der Waals surface area contributed by atoms with Crippen LogP contribution in [0, 0.1) is 0 Å². The number of hydrogen-bond donors (Lipinski definition) is 0. The standard InChI is InChI=1S/C36H22O/c1-2-13-29-27(11-1)28-12-3-4-14-30(28)33-22-24(19-20-31(29)33)23-9-7-10-25(21-23)26-16-8-18-35-36(26)32-15-5-6-17-34(32)37-35/h1-22H. The number of rotatable bonds is 2. The van der Waals surface area contributed by atoms with Crippen LogP contribution in [0.25, 0.3) is 76.5 Å². The fourth-order valence-electron chi connectivity index (χ4n) is 5.97. The smallest absolute Gasteiger partial charge is 0.136 e. The first kappa shape index (κ1) is 20.3. The van der Waals surface area contributed by atoms with Crippen LogP contribution >= 0.6 is 0 Å². The highest BCUT2D eigenvalue weighted by Gasteiger charge is 2.13. The molecule has 1 heteroatoms. The van der Waals surface area contributed by atoms with E-state index in [1.807, 2.05) is 12.1 Å². The molecule has 0 unspecified atom stereocenters. The zero-order valence-corrected chi connectivity index (χ0v) is 20.1. The van der Waals surface area contributed by atoms with Gasteiger partial charge in [0.1, 0.15) is 11.2 Å². The highest BCUT2D eigenvalue weighted by molar-refractivity contribution is 6.25. The molecule has 1 heterocycles. The van der Waals surface area contributed by atoms with Gasteiger partial charge in [-0.3, -0.25) is 0 Å². The van der Waals surface area contributed by atoms with Crippen molar-refractivity contribution in [2.24, 2.45) is 0 Å². The van der Waals surface area contributed by atoms with Crippen molar-refractivity contribution < 1.29 is 4.42 Å². The van der Waals surface area contributed by atoms with Crippen LogP contribution in [-0.4, -0.2) is 0 Å². The van der Waals surface area contributed by atoms with Gasteiger partial charge in [-0.25, -0.2) is 0 Å². The van der Waals surface area contributed by atoms with Crippen LogP contribution in [-0.2, 0) is 0 Å². The predicted molar refractivity (Wildman–Crippen MR) is 157 cm³/mol. The Labute approximate surface area is 214 Å². The lowest BCUT2D eigenvalue weighted by Gasteiger charge is -2.13. The molecule has 0 N–H and O–H groups in total. The van der Waals surface area contributed by atoms with Crippen LogP contribution < -0.4 is 0 Å². The van der Waals surface area contributed by atoms with Crippen molar-refractivity contribution in [3.63, 3.8) is 0 Å². The van der Waals surface area contributed by atoms with E-state index in [2.05, 4.69) is 121 Å². The second-order valence-electron chi connectivity index (χ2n) is 9.71. The second kappa shape index (κ2) is 7.81. The van der Waals surface area contributed by atoms with Crippen LogP contribution in [0.5, 0.6) is 0 Å². The van der Waals surface area contributed by atoms with Crippen molar-refractivity contribution in [1.29, 1.82) is 0 Å². The van der Waals surface area contributed by atoms with E-state index in [1.165, 1.54) is 60.0 Å². The Kier molecular flexibility index (Phi) is 4.29. The molecule has 8 rings (SSSR count). The number of furan rings is 1. The summed E-state index contributed by atoms with van der Waals surface area (Å²) in [7, 11) is 0. The van der Waals surface area contributed by atoms with Gasteiger partial charge >= 0.3 is 0 Å². The van der Waals surface area contributed by atoms with Crippen molar-refractivity contribution in [2.45, 2.75) is 0 Å². The summed E-state index contributed by atoms with van der Waals surface area (Å²) in [6.45, 7) is 0. The number of benzene rings is 7. The fourth-order valence-corrected chi connectivity index (χ4v) is 5.97. The van der Waals surface area contributed by atoms with Crippen molar-refractivity contribution in [3.05, 3.63) is 133 Å². The van der Waals surface area contributed by atoms with E-state index in [4.69, 9.17) is 4.42 Å². The summed E-state index contributed by atoms with van der Waals surface area (Å²) < 4.78 is 6.15. The molecule has 8 aromatic rings. The van der Waals surface area contributed by atoms with E-state index in [0.717, 1.165) is 16.6 Å². The molecule has 0 saturated heterocycles. The van der Waals surface area contributed by atoms with E-state index in [1.54, 1.807) is 0 Å². The summed E-state index contributed by atoms with van der Waals surface area (Å²) in [5.41, 5.74) is 6.67. The molecule has 1 nitrogen and oxygen atoms in total. The van der Waals surface area contributed by atoms with Crippen LogP contribution in [0.1, 0.15) is 0 Å². The lowest BCUT2D eigenvalue weighted by atomic mass is 9.91. The van der Waals surface area contributed by atoms with Crippen molar-refractivity contribution >= 4 is 54.3 Å². The largest absolute Gasteiger partial charge is 0.456 e. The highest BCUT2D eigenvalue weighted by atomic mass is 16.3. The molecule has 172 valence electrons. The van der Waals surface area contributed by atoms with Crippen LogP contribution in [0.4, 0.5) is 0 Å². The third-order valence-electron chi connectivity index (χ3n) is 7.65. The van der Waals surface area contributed by atoms with Crippen LogP contribution in [0.2, 0.25) is 0 Å². The van der Waals surface area contributed by atoms with Gasteiger partial charge in [0.2, 0.25) is 0 Å². The summed E-state index contributed by atoms with van der Waals surface area (Å²) in [5, 5.41) is 10.1. The van der Waals surface area contributed by atoms with Crippen molar-refractivity contribution in [1.82, 2.24) is 0 Å². The maximum absolute atomic E-state index is 6.15. The number of hydrogen-bond acceptors (Lipinski definition) is 1. The van der Waals surface area contributed by atoms with Gasteiger partial charge in [0.05, 0.1) is 0 Å². The van der Waals surface area contributed by atoms with Gasteiger partial charge in [-0.2, -0.15) is 0 Å². The average Bonchev–Trinajstić information content (AvgIpc) is 3.36. The minimum absolute atomic E-state index is 0.924. The third kappa shape index (κ3) is 3.04. The summed E-state index contributed by atoms with van der Waals surface area (Å²) in [6, 6.07) is 47.9. The molecule has 0 radical (unpaired) electrons. The van der Waals surface area contributed by atoms with E-state index in [0.29, 0.717) is 0 Å². The zero-order chi connectivity index (χ0) is 24.3. The van der Waals surface area contributed by atoms with E-state index in [-0.39, 0.29) is 0 Å². The molecule has 0 bridgehead atoms. The molecule has 1 aromatic heterocycles. The molecule has 0 amide bonds. The maximum atomic E-state index is 6.15. The van der Waals surface area contributed by atoms with Crippen molar-refractivity contribution in [2.75, 3.05) is 0 Å². The molecular formula is C36H22O. The molecular weight excluding hydrogens is 448 g/mol. The topological polar surface area (TPSA) is 13.1 Å². The molecule has 37 heavy (non-hydrogen) atoms. The van der Waals surface area contributed by atoms with Gasteiger partial charge in [0, 0.05) is 10.8 Å². The number of fused-ring (bicyclic) bond motifs is 9. The Morgan fingerprint density at radius 1 is 0.324 bits per heavy atom. The van der Waals surface area contributed by atoms with Crippen LogP contribution in [0.3, 0.4) is 0 Å². The van der Waals surface area contributed by atoms with Gasteiger partial charge in [0.15, 0.2) is 0 Å². The monoisotopic (exact) mass is 470 g/mol. The molecule has 0 saturated carbocycles. The highest BCUT2D eigenvalue weighted by Crippen LogP contribution is 2.39. The molecule has 0 aliphatic carbocycles. The first-order valence-corrected chi connectivity index (χ1v) is 12.7. The van der Waals surface area contributed by atoms with Gasteiger partial charge < -0.3 is 4.42 Å². The number of para-hydroxylation sites is 1. The zero-order valence-electron chi connectivity index (χ0n) is 20.1. The summed E-state index contributed by atoms with van der Waals surface area (Å²) >= 11 is 0. The van der Waals surface area contributed by atoms with Crippen molar-refractivity contribution in [3.8, 4) is 22.3 Å². The Morgan fingerprint density at radius 3 is 1.62 bits per heavy atom. The lowest BCUT2D eigenvalue weighted by Crippen LogP contribution is -1.86. The molecule has 0 fully saturated rings. The Balaban J connectivity index is 1.36. The SMILES string of the molecule is c1cc(-c2ccc3c4ccccc4c4ccccc4c3c2)cc(-c2cccc3oc4ccccc4c23)c1. The van der Waals surface area contributed by atoms with E-state index in [9.17, 15) is 0 Å². The first-order valence-electron chi connectivity index (χ1n) is 12.7. The van der Waals surface area contributed by atoms with Crippen LogP contribution in [0.15, 0.2) is 138 Å². The Bertz CT molecular complexity index is 2110. The molecule has 0 spiro atoms. The summed E-state index contributed by atoms with van der Waals surface area (Å²) in [5.74, 6) is 0. The molecule has 0 atom stereocenters. The molecule has 0 aliphatic heterocycles. The van der Waals surface area contributed by atoms with E-state index < -0.39 is 0 Å². The lowest BCUT2D eigenvalue weighted by molar-refractivity contribution is 0.669. The quantitative estimate of drug-likeness (QED) is 0.229. The van der Waals surface area contributed by atoms with Gasteiger partial charge in [-0.05, 0) is 78.8 Å². The van der Waals surface area contributed by atoms with Gasteiger partial charge in [-0.1, -0.05) is 109 Å². The minimum Gasteiger partial charge on any atom is -0.456 e. The second-order valence-corrected chi connectivity index (χ2v) is 9.71. The van der Waals surface area contributed by atoms with E-state index >= 15 is 0 Å². The summed E-state index contributed by atoms with van der Waals surface area (Å²) in [4.78, 5) is 0. The predicted octanol–water partition coefficient (Wildman–Crippen LogP) is 10.4. The fraction of sp³-hybridized carbons (Fsp3) is 0. The van der Waals surface area contributed by atoms with Gasteiger partial charge in [0.25, 0.3) is 0 Å². The average molecular weight is 471 g/mol.